The quantitative estimate of drug-likeness (QED) is 0.127. The number of hydrogen-bond donors (Lipinski definition) is 2. The summed E-state index contributed by atoms with van der Waals surface area (Å²) in [6.07, 6.45) is 9.20. The fraction of sp³-hybridized carbons (Fsp3) is 0.343. The summed E-state index contributed by atoms with van der Waals surface area (Å²) in [4.78, 5) is 29.1. The maximum absolute atomic E-state index is 12.6. The number of carbonyl (C=O) groups excluding carboxylic acids is 1. The number of aliphatic carboxylic acids is 1. The highest BCUT2D eigenvalue weighted by molar-refractivity contribution is 5.94. The summed E-state index contributed by atoms with van der Waals surface area (Å²) < 4.78 is 11.5. The molecule has 7 nitrogen and oxygen atoms in total. The standard InChI is InChI=1S/C35H42N2O5/c1-5-22-41-30-18-15-27(16-19-30)11-8-9-23-42-33-21-14-26(4)31(37-33)20-17-28-12-10-13-29(24-28)36-32(38)25-35(6-2,7-3)34(39)40/h5,10,12-21,24H,1,6-9,11,22-23,25H2,2-4H3,(H,36,38)(H,39,40)/b20-17+. The van der Waals surface area contributed by atoms with Crippen LogP contribution in [0.4, 0.5) is 5.69 Å². The van der Waals surface area contributed by atoms with Gasteiger partial charge in [-0.1, -0.05) is 62.9 Å². The summed E-state index contributed by atoms with van der Waals surface area (Å²) in [6.45, 7) is 10.3. The third-order valence-corrected chi connectivity index (χ3v) is 7.42. The molecular formula is C35H42N2O5. The van der Waals surface area contributed by atoms with Crippen LogP contribution in [0.3, 0.4) is 0 Å². The van der Waals surface area contributed by atoms with Crippen LogP contribution < -0.4 is 14.8 Å². The van der Waals surface area contributed by atoms with E-state index < -0.39 is 11.4 Å². The van der Waals surface area contributed by atoms with Crippen LogP contribution in [0.2, 0.25) is 0 Å². The van der Waals surface area contributed by atoms with Crippen molar-refractivity contribution in [3.8, 4) is 11.6 Å². The number of amides is 1. The van der Waals surface area contributed by atoms with Gasteiger partial charge in [0.15, 0.2) is 0 Å². The molecule has 222 valence electrons. The molecule has 0 spiro atoms. The third-order valence-electron chi connectivity index (χ3n) is 7.42. The number of carboxylic acid groups (broad SMARTS) is 1. The normalized spacial score (nSPS) is 11.3. The summed E-state index contributed by atoms with van der Waals surface area (Å²) in [6, 6.07) is 19.5. The van der Waals surface area contributed by atoms with Crippen molar-refractivity contribution in [2.75, 3.05) is 18.5 Å². The first kappa shape index (κ1) is 32.1. The van der Waals surface area contributed by atoms with Crippen LogP contribution in [0, 0.1) is 12.3 Å². The lowest BCUT2D eigenvalue weighted by Crippen LogP contribution is -2.34. The Labute approximate surface area is 249 Å². The van der Waals surface area contributed by atoms with Crippen molar-refractivity contribution >= 4 is 29.7 Å². The molecule has 7 heteroatoms. The van der Waals surface area contributed by atoms with Crippen LogP contribution >= 0.6 is 0 Å². The smallest absolute Gasteiger partial charge is 0.310 e. The number of nitrogens with zero attached hydrogens (tertiary/aromatic N) is 1. The van der Waals surface area contributed by atoms with E-state index in [1.807, 2.05) is 61.5 Å². The van der Waals surface area contributed by atoms with Gasteiger partial charge in [0, 0.05) is 18.2 Å². The van der Waals surface area contributed by atoms with E-state index in [1.165, 1.54) is 5.56 Å². The van der Waals surface area contributed by atoms with Crippen LogP contribution in [0.1, 0.15) is 68.3 Å². The third kappa shape index (κ3) is 9.61. The van der Waals surface area contributed by atoms with Crippen molar-refractivity contribution in [3.05, 3.63) is 95.7 Å². The first-order valence-corrected chi connectivity index (χ1v) is 14.5. The van der Waals surface area contributed by atoms with Gasteiger partial charge in [0.2, 0.25) is 11.8 Å². The van der Waals surface area contributed by atoms with E-state index in [2.05, 4.69) is 29.0 Å². The SMILES string of the molecule is C=CCOc1ccc(CCCCOc2ccc(C)c(/C=C/c3cccc(NC(=O)CC(CC)(CC)C(=O)O)c3)n2)cc1. The molecule has 1 heterocycles. The fourth-order valence-electron chi connectivity index (χ4n) is 4.58. The average molecular weight is 571 g/mol. The highest BCUT2D eigenvalue weighted by Crippen LogP contribution is 2.31. The van der Waals surface area contributed by atoms with Gasteiger partial charge in [0.05, 0.1) is 17.7 Å². The van der Waals surface area contributed by atoms with Crippen LogP contribution in [0.25, 0.3) is 12.2 Å². The molecule has 2 aromatic carbocycles. The van der Waals surface area contributed by atoms with E-state index in [0.29, 0.717) is 37.6 Å². The average Bonchev–Trinajstić information content (AvgIpc) is 2.99. The van der Waals surface area contributed by atoms with E-state index in [1.54, 1.807) is 26.0 Å². The molecule has 3 aromatic rings. The molecule has 1 aromatic heterocycles. The number of carbonyl (C=O) groups is 2. The molecule has 0 aliphatic rings. The molecule has 0 aliphatic heterocycles. The van der Waals surface area contributed by atoms with Crippen molar-refractivity contribution in [2.24, 2.45) is 5.41 Å². The van der Waals surface area contributed by atoms with Gasteiger partial charge < -0.3 is 19.9 Å². The molecule has 0 fully saturated rings. The van der Waals surface area contributed by atoms with Crippen LogP contribution in [0.15, 0.2) is 73.3 Å². The molecule has 2 N–H and O–H groups in total. The molecule has 0 saturated heterocycles. The van der Waals surface area contributed by atoms with Crippen molar-refractivity contribution < 1.29 is 24.2 Å². The molecule has 0 unspecified atom stereocenters. The number of aryl methyl sites for hydroxylation is 2. The van der Waals surface area contributed by atoms with Crippen LogP contribution in [-0.4, -0.2) is 35.2 Å². The fourth-order valence-corrected chi connectivity index (χ4v) is 4.58. The largest absolute Gasteiger partial charge is 0.490 e. The number of ether oxygens (including phenoxy) is 2. The lowest BCUT2D eigenvalue weighted by atomic mass is 9.79. The number of pyridine rings is 1. The molecule has 0 saturated carbocycles. The van der Waals surface area contributed by atoms with Gasteiger partial charge in [-0.25, -0.2) is 4.98 Å². The molecule has 42 heavy (non-hydrogen) atoms. The van der Waals surface area contributed by atoms with Crippen molar-refractivity contribution in [2.45, 2.75) is 59.3 Å². The van der Waals surface area contributed by atoms with E-state index in [0.717, 1.165) is 41.8 Å². The van der Waals surface area contributed by atoms with Crippen molar-refractivity contribution in [1.82, 2.24) is 4.98 Å². The Morgan fingerprint density at radius 3 is 2.45 bits per heavy atom. The maximum atomic E-state index is 12.6. The lowest BCUT2D eigenvalue weighted by molar-refractivity contribution is -0.151. The van der Waals surface area contributed by atoms with Gasteiger partial charge in [0.25, 0.3) is 0 Å². The van der Waals surface area contributed by atoms with Gasteiger partial charge in [-0.15, -0.1) is 0 Å². The Morgan fingerprint density at radius 2 is 1.76 bits per heavy atom. The second kappa shape index (κ2) is 16.2. The molecule has 0 aliphatic carbocycles. The first-order chi connectivity index (χ1) is 20.3. The molecule has 0 radical (unpaired) electrons. The van der Waals surface area contributed by atoms with Gasteiger partial charge in [-0.2, -0.15) is 0 Å². The van der Waals surface area contributed by atoms with Crippen molar-refractivity contribution in [3.63, 3.8) is 0 Å². The molecule has 3 rings (SSSR count). The van der Waals surface area contributed by atoms with Gasteiger partial charge in [-0.05, 0) is 86.1 Å². The van der Waals surface area contributed by atoms with Crippen molar-refractivity contribution in [1.29, 1.82) is 0 Å². The lowest BCUT2D eigenvalue weighted by Gasteiger charge is -2.25. The summed E-state index contributed by atoms with van der Waals surface area (Å²) in [5.74, 6) is 0.181. The molecule has 0 bridgehead atoms. The number of carboxylic acids is 1. The Balaban J connectivity index is 1.52. The monoisotopic (exact) mass is 570 g/mol. The van der Waals surface area contributed by atoms with Gasteiger partial charge in [0.1, 0.15) is 12.4 Å². The predicted molar refractivity (Wildman–Crippen MR) is 169 cm³/mol. The number of rotatable bonds is 17. The number of hydrogen-bond acceptors (Lipinski definition) is 5. The zero-order chi connectivity index (χ0) is 30.4. The Hall–Kier alpha value is -4.39. The Bertz CT molecular complexity index is 1360. The van der Waals surface area contributed by atoms with E-state index in [4.69, 9.17) is 9.47 Å². The number of benzene rings is 2. The minimum atomic E-state index is -1.05. The maximum Gasteiger partial charge on any atom is 0.310 e. The summed E-state index contributed by atoms with van der Waals surface area (Å²) in [5, 5.41) is 12.5. The number of aromatic nitrogens is 1. The first-order valence-electron chi connectivity index (χ1n) is 14.5. The predicted octanol–water partition coefficient (Wildman–Crippen LogP) is 7.75. The zero-order valence-corrected chi connectivity index (χ0v) is 24.9. The number of nitrogens with one attached hydrogen (secondary N) is 1. The minimum absolute atomic E-state index is 0.0652. The highest BCUT2D eigenvalue weighted by Gasteiger charge is 2.37. The molecule has 0 atom stereocenters. The molecule has 1 amide bonds. The van der Waals surface area contributed by atoms with Crippen LogP contribution in [0.5, 0.6) is 11.6 Å². The summed E-state index contributed by atoms with van der Waals surface area (Å²) in [7, 11) is 0. The summed E-state index contributed by atoms with van der Waals surface area (Å²) >= 11 is 0. The van der Waals surface area contributed by atoms with Gasteiger partial charge in [-0.3, -0.25) is 9.59 Å². The summed E-state index contributed by atoms with van der Waals surface area (Å²) in [5.41, 5.74) is 3.54. The minimum Gasteiger partial charge on any atom is -0.490 e. The highest BCUT2D eigenvalue weighted by atomic mass is 16.5. The number of anilines is 1. The van der Waals surface area contributed by atoms with E-state index in [9.17, 15) is 14.7 Å². The second-order valence-corrected chi connectivity index (χ2v) is 10.4. The second-order valence-electron chi connectivity index (χ2n) is 10.4. The van der Waals surface area contributed by atoms with E-state index >= 15 is 0 Å². The Kier molecular flexibility index (Phi) is 12.4. The molecular weight excluding hydrogens is 528 g/mol. The topological polar surface area (TPSA) is 97.8 Å². The number of unbranched alkanes of at least 4 members (excludes halogenated alkanes) is 1. The van der Waals surface area contributed by atoms with Gasteiger partial charge >= 0.3 is 5.97 Å². The van der Waals surface area contributed by atoms with E-state index in [-0.39, 0.29) is 12.3 Å². The van der Waals surface area contributed by atoms with Crippen LogP contribution in [-0.2, 0) is 16.0 Å². The Morgan fingerprint density at radius 1 is 1.00 bits per heavy atom. The zero-order valence-electron chi connectivity index (χ0n) is 24.9.